The molecule has 4 nitrogen and oxygen atoms in total. The summed E-state index contributed by atoms with van der Waals surface area (Å²) in [5.41, 5.74) is 0.878. The van der Waals surface area contributed by atoms with Gasteiger partial charge in [-0.2, -0.15) is 11.3 Å². The molecular weight excluding hydrogens is 284 g/mol. The molecule has 1 aromatic rings. The molecule has 1 saturated heterocycles. The molecule has 5 heteroatoms. The molecule has 2 unspecified atom stereocenters. The Hall–Kier alpha value is -1.07. The number of carbonyl (C=O) groups is 1. The Morgan fingerprint density at radius 2 is 2.33 bits per heavy atom. The maximum Gasteiger partial charge on any atom is 0.410 e. The number of hydrogen-bond acceptors (Lipinski definition) is 4. The molecule has 0 radical (unpaired) electrons. The third kappa shape index (κ3) is 4.71. The normalized spacial score (nSPS) is 20.6. The average molecular weight is 310 g/mol. The molecule has 1 amide bonds. The highest BCUT2D eigenvalue weighted by molar-refractivity contribution is 7.07. The van der Waals surface area contributed by atoms with Crippen LogP contribution in [0.2, 0.25) is 0 Å². The van der Waals surface area contributed by atoms with Crippen LogP contribution in [0.25, 0.3) is 0 Å². The summed E-state index contributed by atoms with van der Waals surface area (Å²) in [6.07, 6.45) is 1.91. The smallest absolute Gasteiger partial charge is 0.410 e. The zero-order chi connectivity index (χ0) is 15.5. The van der Waals surface area contributed by atoms with E-state index < -0.39 is 5.60 Å². The number of hydrogen-bond donors (Lipinski definition) is 1. The van der Waals surface area contributed by atoms with Crippen LogP contribution < -0.4 is 5.32 Å². The van der Waals surface area contributed by atoms with Gasteiger partial charge < -0.3 is 15.0 Å². The fourth-order valence-corrected chi connectivity index (χ4v) is 3.31. The molecule has 2 atom stereocenters. The van der Waals surface area contributed by atoms with Crippen LogP contribution in [0.1, 0.15) is 52.1 Å². The van der Waals surface area contributed by atoms with Gasteiger partial charge in [-0.3, -0.25) is 0 Å². The first-order valence-electron chi connectivity index (χ1n) is 7.62. The Morgan fingerprint density at radius 1 is 1.57 bits per heavy atom. The van der Waals surface area contributed by atoms with Crippen LogP contribution in [0.5, 0.6) is 0 Å². The van der Waals surface area contributed by atoms with Crippen LogP contribution in [0.3, 0.4) is 0 Å². The van der Waals surface area contributed by atoms with Crippen LogP contribution in [-0.2, 0) is 4.74 Å². The van der Waals surface area contributed by atoms with Crippen molar-refractivity contribution >= 4 is 17.4 Å². The summed E-state index contributed by atoms with van der Waals surface area (Å²) in [6, 6.07) is 2.70. The fraction of sp³-hybridized carbons (Fsp3) is 0.688. The molecule has 118 valence electrons. The summed E-state index contributed by atoms with van der Waals surface area (Å²) < 4.78 is 5.49. The summed E-state index contributed by atoms with van der Waals surface area (Å²) in [6.45, 7) is 9.51. The second kappa shape index (κ2) is 6.79. The number of carbonyl (C=O) groups excluding carboxylic acids is 1. The molecule has 2 heterocycles. The maximum atomic E-state index is 12.2. The van der Waals surface area contributed by atoms with Crippen molar-refractivity contribution in [3.8, 4) is 0 Å². The van der Waals surface area contributed by atoms with Gasteiger partial charge in [-0.25, -0.2) is 4.79 Å². The number of nitrogens with one attached hydrogen (secondary N) is 1. The number of amides is 1. The summed E-state index contributed by atoms with van der Waals surface area (Å²) in [7, 11) is 0. The molecule has 0 aliphatic carbocycles. The molecule has 0 bridgehead atoms. The Balaban J connectivity index is 1.86. The van der Waals surface area contributed by atoms with Gasteiger partial charge in [0.2, 0.25) is 0 Å². The number of likely N-dealkylation sites (tertiary alicyclic amines) is 1. The Kier molecular flexibility index (Phi) is 5.27. The van der Waals surface area contributed by atoms with Crippen molar-refractivity contribution in [2.45, 2.75) is 58.2 Å². The first-order valence-corrected chi connectivity index (χ1v) is 8.56. The second-order valence-electron chi connectivity index (χ2n) is 6.66. The van der Waals surface area contributed by atoms with E-state index >= 15 is 0 Å². The van der Waals surface area contributed by atoms with Crippen molar-refractivity contribution in [1.29, 1.82) is 0 Å². The molecule has 21 heavy (non-hydrogen) atoms. The van der Waals surface area contributed by atoms with Crippen molar-refractivity contribution < 1.29 is 9.53 Å². The van der Waals surface area contributed by atoms with E-state index in [0.29, 0.717) is 6.04 Å². The van der Waals surface area contributed by atoms with Crippen LogP contribution in [0, 0.1) is 0 Å². The van der Waals surface area contributed by atoms with Gasteiger partial charge in [-0.15, -0.1) is 0 Å². The molecule has 1 aliphatic heterocycles. The number of thiophene rings is 1. The minimum absolute atomic E-state index is 0.185. The Morgan fingerprint density at radius 3 is 2.95 bits per heavy atom. The van der Waals surface area contributed by atoms with Gasteiger partial charge in [0.1, 0.15) is 5.60 Å². The summed E-state index contributed by atoms with van der Waals surface area (Å²) in [5, 5.41) is 7.79. The van der Waals surface area contributed by atoms with Crippen LogP contribution in [0.4, 0.5) is 4.79 Å². The molecule has 1 aliphatic rings. The van der Waals surface area contributed by atoms with Crippen molar-refractivity contribution in [1.82, 2.24) is 10.2 Å². The minimum atomic E-state index is -0.429. The third-order valence-corrected chi connectivity index (χ3v) is 4.41. The van der Waals surface area contributed by atoms with Gasteiger partial charge in [0, 0.05) is 25.2 Å². The Bertz CT molecular complexity index is 453. The molecule has 0 saturated carbocycles. The van der Waals surface area contributed by atoms with Crippen LogP contribution in [-0.4, -0.2) is 35.7 Å². The van der Waals surface area contributed by atoms with E-state index in [1.807, 2.05) is 25.7 Å². The fourth-order valence-electron chi connectivity index (χ4n) is 2.56. The highest BCUT2D eigenvalue weighted by Gasteiger charge is 2.32. The quantitative estimate of drug-likeness (QED) is 0.919. The van der Waals surface area contributed by atoms with Gasteiger partial charge >= 0.3 is 6.09 Å². The van der Waals surface area contributed by atoms with Crippen molar-refractivity contribution in [2.24, 2.45) is 0 Å². The maximum absolute atomic E-state index is 12.2. The summed E-state index contributed by atoms with van der Waals surface area (Å²) >= 11 is 1.71. The van der Waals surface area contributed by atoms with E-state index in [2.05, 4.69) is 29.1 Å². The first kappa shape index (κ1) is 16.3. The highest BCUT2D eigenvalue weighted by atomic mass is 32.1. The predicted octanol–water partition coefficient (Wildman–Crippen LogP) is 3.80. The SMILES string of the molecule is CC(NCC1CCCN1C(=O)OC(C)(C)C)c1ccsc1. The largest absolute Gasteiger partial charge is 0.444 e. The monoisotopic (exact) mass is 310 g/mol. The zero-order valence-corrected chi connectivity index (χ0v) is 14.2. The standard InChI is InChI=1S/C16H26N2O2S/c1-12(13-7-9-21-11-13)17-10-14-6-5-8-18(14)15(19)20-16(2,3)4/h7,9,11-12,14,17H,5-6,8,10H2,1-4H3. The lowest BCUT2D eigenvalue weighted by atomic mass is 10.1. The predicted molar refractivity (Wildman–Crippen MR) is 86.7 cm³/mol. The zero-order valence-electron chi connectivity index (χ0n) is 13.4. The molecule has 0 aromatic carbocycles. The molecule has 0 spiro atoms. The van der Waals surface area contributed by atoms with E-state index in [1.165, 1.54) is 5.56 Å². The topological polar surface area (TPSA) is 41.6 Å². The number of rotatable bonds is 4. The first-order chi connectivity index (χ1) is 9.87. The number of nitrogens with zero attached hydrogens (tertiary/aromatic N) is 1. The highest BCUT2D eigenvalue weighted by Crippen LogP contribution is 2.22. The molecule has 1 N–H and O–H groups in total. The van der Waals surface area contributed by atoms with Gasteiger partial charge in [-0.05, 0) is 62.9 Å². The van der Waals surface area contributed by atoms with Crippen LogP contribution >= 0.6 is 11.3 Å². The second-order valence-corrected chi connectivity index (χ2v) is 7.44. The lowest BCUT2D eigenvalue weighted by molar-refractivity contribution is 0.0225. The van der Waals surface area contributed by atoms with Gasteiger partial charge in [0.05, 0.1) is 0 Å². The molecular formula is C16H26N2O2S. The van der Waals surface area contributed by atoms with Gasteiger partial charge in [-0.1, -0.05) is 0 Å². The minimum Gasteiger partial charge on any atom is -0.444 e. The molecule has 2 rings (SSSR count). The lowest BCUT2D eigenvalue weighted by Crippen LogP contribution is -2.44. The Labute approximate surface area is 131 Å². The van der Waals surface area contributed by atoms with E-state index in [-0.39, 0.29) is 12.1 Å². The van der Waals surface area contributed by atoms with E-state index in [0.717, 1.165) is 25.9 Å². The van der Waals surface area contributed by atoms with E-state index in [4.69, 9.17) is 4.74 Å². The summed E-state index contributed by atoms with van der Waals surface area (Å²) in [4.78, 5) is 14.1. The van der Waals surface area contributed by atoms with Crippen molar-refractivity contribution in [3.05, 3.63) is 22.4 Å². The van der Waals surface area contributed by atoms with Gasteiger partial charge in [0.25, 0.3) is 0 Å². The van der Waals surface area contributed by atoms with E-state index in [1.54, 1.807) is 11.3 Å². The van der Waals surface area contributed by atoms with Crippen molar-refractivity contribution in [3.63, 3.8) is 0 Å². The number of ether oxygens (including phenoxy) is 1. The van der Waals surface area contributed by atoms with Crippen molar-refractivity contribution in [2.75, 3.05) is 13.1 Å². The van der Waals surface area contributed by atoms with Crippen LogP contribution in [0.15, 0.2) is 16.8 Å². The molecule has 1 fully saturated rings. The lowest BCUT2D eigenvalue weighted by Gasteiger charge is -2.29. The van der Waals surface area contributed by atoms with E-state index in [9.17, 15) is 4.79 Å². The summed E-state index contributed by atoms with van der Waals surface area (Å²) in [5.74, 6) is 0. The average Bonchev–Trinajstić information content (AvgIpc) is 3.04. The molecule has 1 aromatic heterocycles. The van der Waals surface area contributed by atoms with Gasteiger partial charge in [0.15, 0.2) is 0 Å². The third-order valence-electron chi connectivity index (χ3n) is 3.71.